The van der Waals surface area contributed by atoms with E-state index in [4.69, 9.17) is 102 Å². The second kappa shape index (κ2) is 20.8. The average molecular weight is 721 g/mol. The lowest BCUT2D eigenvalue weighted by atomic mass is 10.00. The Labute approximate surface area is 270 Å². The van der Waals surface area contributed by atoms with Crippen LogP contribution in [0.25, 0.3) is 0 Å². The molecule has 0 aliphatic carbocycles. The van der Waals surface area contributed by atoms with Crippen molar-refractivity contribution < 1.29 is 121 Å². The van der Waals surface area contributed by atoms with Crippen LogP contribution in [0.2, 0.25) is 0 Å². The predicted octanol–water partition coefficient (Wildman–Crippen LogP) is -12.9. The number of hydrogen-bond acceptors (Lipinski definition) is 24. The van der Waals surface area contributed by atoms with Gasteiger partial charge in [0.15, 0.2) is 25.2 Å². The number of ether oxygens (including phenoxy) is 4. The zero-order valence-electron chi connectivity index (χ0n) is 25.0. The van der Waals surface area contributed by atoms with E-state index in [0.717, 1.165) is 0 Å². The zero-order valence-corrected chi connectivity index (χ0v) is 25.0. The SMILES string of the molecule is OCC1O[C@@H](O)C(O)[C@H](O)[C@@H]1O.OCC1O[C@H](O)C(O)[C@H](O)[C@@H]1O.OC[C@H](O)[C@H]1O[C@@H](O)[C@H](O)C1O.OC[C@H](O)[C@H]1O[C@H](O)[C@H](O)C1O. The molecule has 0 saturated carbocycles. The van der Waals surface area contributed by atoms with Gasteiger partial charge >= 0.3 is 0 Å². The van der Waals surface area contributed by atoms with E-state index in [1.165, 1.54) is 0 Å². The van der Waals surface area contributed by atoms with Crippen LogP contribution in [0.3, 0.4) is 0 Å². The molecule has 288 valence electrons. The summed E-state index contributed by atoms with van der Waals surface area (Å²) in [5.74, 6) is 0. The van der Waals surface area contributed by atoms with Crippen molar-refractivity contribution in [3.8, 4) is 0 Å². The van der Waals surface area contributed by atoms with Gasteiger partial charge < -0.3 is 121 Å². The van der Waals surface area contributed by atoms with Crippen LogP contribution >= 0.6 is 0 Å². The lowest BCUT2D eigenvalue weighted by Gasteiger charge is -2.37. The molecule has 24 heteroatoms. The van der Waals surface area contributed by atoms with Crippen LogP contribution in [-0.2, 0) is 18.9 Å². The number of hydrogen-bond donors (Lipinski definition) is 20. The maximum atomic E-state index is 9.12. The quantitative estimate of drug-likeness (QED) is 0.121. The lowest BCUT2D eigenvalue weighted by molar-refractivity contribution is -0.286. The molecule has 0 aromatic carbocycles. The van der Waals surface area contributed by atoms with Crippen LogP contribution in [0.1, 0.15) is 0 Å². The van der Waals surface area contributed by atoms with Crippen LogP contribution in [0.15, 0.2) is 0 Å². The summed E-state index contributed by atoms with van der Waals surface area (Å²) in [5.41, 5.74) is 0. The molecule has 0 radical (unpaired) electrons. The van der Waals surface area contributed by atoms with E-state index in [2.05, 4.69) is 18.9 Å². The lowest BCUT2D eigenvalue weighted by Crippen LogP contribution is -2.58. The van der Waals surface area contributed by atoms with E-state index in [0.29, 0.717) is 0 Å². The molecule has 6 unspecified atom stereocenters. The Morgan fingerprint density at radius 1 is 0.333 bits per heavy atom. The Hall–Kier alpha value is -0.960. The van der Waals surface area contributed by atoms with Gasteiger partial charge in [-0.15, -0.1) is 0 Å². The molecule has 48 heavy (non-hydrogen) atoms. The average Bonchev–Trinajstić information content (AvgIpc) is 3.49. The molecule has 4 heterocycles. The van der Waals surface area contributed by atoms with Crippen LogP contribution in [0.4, 0.5) is 0 Å². The van der Waals surface area contributed by atoms with Crippen molar-refractivity contribution >= 4 is 0 Å². The summed E-state index contributed by atoms with van der Waals surface area (Å²) in [6.45, 7) is -2.24. The van der Waals surface area contributed by atoms with Gasteiger partial charge in [0.25, 0.3) is 0 Å². The first-order valence-electron chi connectivity index (χ1n) is 14.2. The first kappa shape index (κ1) is 45.1. The van der Waals surface area contributed by atoms with Crippen molar-refractivity contribution in [2.45, 2.75) is 123 Å². The van der Waals surface area contributed by atoms with E-state index in [-0.39, 0.29) is 0 Å². The molecule has 4 fully saturated rings. The second-order valence-electron chi connectivity index (χ2n) is 10.9. The van der Waals surface area contributed by atoms with Gasteiger partial charge in [-0.2, -0.15) is 0 Å². The Morgan fingerprint density at radius 2 is 0.583 bits per heavy atom. The third kappa shape index (κ3) is 11.5. The summed E-state index contributed by atoms with van der Waals surface area (Å²) in [6.07, 6.45) is -27.6. The Balaban J connectivity index is 0.000000320. The first-order valence-corrected chi connectivity index (χ1v) is 14.2. The van der Waals surface area contributed by atoms with E-state index < -0.39 is 149 Å². The standard InChI is InChI=1S/4C6H12O6/c2*7-1-2(8)5-3(9)4(10)6(11)12-5;2*7-1-2-3(8)4(9)5(10)6(11)12-2/h4*2-11H,1H2/t2-,3?,4+,5+,6+;2-,3?,4+,5+,6-;2?,3-,4-,5?,6+;2?,3-,4-,5?,6-/m0011/s1. The maximum absolute atomic E-state index is 9.12. The first-order chi connectivity index (χ1) is 22.3. The van der Waals surface area contributed by atoms with Gasteiger partial charge in [0.05, 0.1) is 26.4 Å². The predicted molar refractivity (Wildman–Crippen MR) is 144 cm³/mol. The molecule has 0 spiro atoms. The van der Waals surface area contributed by atoms with Crippen molar-refractivity contribution in [2.24, 2.45) is 0 Å². The Kier molecular flexibility index (Phi) is 19.5. The molecule has 4 aliphatic heterocycles. The molecular weight excluding hydrogens is 672 g/mol. The highest BCUT2D eigenvalue weighted by molar-refractivity contribution is 4.91. The van der Waals surface area contributed by atoms with Gasteiger partial charge in [0, 0.05) is 0 Å². The highest BCUT2D eigenvalue weighted by atomic mass is 16.7. The molecule has 0 bridgehead atoms. The molecule has 4 rings (SSSR count). The molecule has 0 aromatic heterocycles. The fourth-order valence-corrected chi connectivity index (χ4v) is 4.38. The van der Waals surface area contributed by atoms with E-state index in [1.807, 2.05) is 0 Å². The molecular formula is C24H48O24. The monoisotopic (exact) mass is 720 g/mol. The Bertz CT molecular complexity index is 798. The van der Waals surface area contributed by atoms with Crippen molar-refractivity contribution in [1.29, 1.82) is 0 Å². The fourth-order valence-electron chi connectivity index (χ4n) is 4.38. The van der Waals surface area contributed by atoms with Crippen LogP contribution < -0.4 is 0 Å². The van der Waals surface area contributed by atoms with E-state index in [1.54, 1.807) is 0 Å². The van der Waals surface area contributed by atoms with Crippen LogP contribution in [-0.4, -0.2) is 251 Å². The van der Waals surface area contributed by atoms with Gasteiger partial charge in [0.1, 0.15) is 97.7 Å². The summed E-state index contributed by atoms with van der Waals surface area (Å²) in [4.78, 5) is 0. The smallest absolute Gasteiger partial charge is 0.184 e. The zero-order chi connectivity index (χ0) is 37.2. The summed E-state index contributed by atoms with van der Waals surface area (Å²) in [5, 5.41) is 178. The molecule has 0 amide bonds. The van der Waals surface area contributed by atoms with E-state index in [9.17, 15) is 0 Å². The van der Waals surface area contributed by atoms with Gasteiger partial charge in [-0.05, 0) is 0 Å². The largest absolute Gasteiger partial charge is 0.394 e. The summed E-state index contributed by atoms with van der Waals surface area (Å²) < 4.78 is 18.3. The summed E-state index contributed by atoms with van der Waals surface area (Å²) in [6, 6.07) is 0. The molecule has 20 atom stereocenters. The van der Waals surface area contributed by atoms with Crippen molar-refractivity contribution in [2.75, 3.05) is 26.4 Å². The minimum atomic E-state index is -1.57. The summed E-state index contributed by atoms with van der Waals surface area (Å²) >= 11 is 0. The highest BCUT2D eigenvalue weighted by Gasteiger charge is 2.46. The Morgan fingerprint density at radius 3 is 0.792 bits per heavy atom. The van der Waals surface area contributed by atoms with Crippen molar-refractivity contribution in [3.05, 3.63) is 0 Å². The van der Waals surface area contributed by atoms with Crippen LogP contribution in [0, 0.1) is 0 Å². The molecule has 4 aliphatic rings. The molecule has 0 aromatic rings. The maximum Gasteiger partial charge on any atom is 0.184 e. The minimum absolute atomic E-state index is 0.526. The number of aliphatic hydroxyl groups excluding tert-OH is 20. The van der Waals surface area contributed by atoms with Gasteiger partial charge in [0.2, 0.25) is 0 Å². The second-order valence-corrected chi connectivity index (χ2v) is 10.9. The third-order valence-electron chi connectivity index (χ3n) is 7.42. The molecule has 24 nitrogen and oxygen atoms in total. The molecule has 4 saturated heterocycles. The normalized spacial score (nSPS) is 47.0. The minimum Gasteiger partial charge on any atom is -0.394 e. The molecule has 20 N–H and O–H groups in total. The van der Waals surface area contributed by atoms with Gasteiger partial charge in [-0.1, -0.05) is 0 Å². The number of rotatable bonds is 6. The topological polar surface area (TPSA) is 442 Å². The third-order valence-corrected chi connectivity index (χ3v) is 7.42. The summed E-state index contributed by atoms with van der Waals surface area (Å²) in [7, 11) is 0. The van der Waals surface area contributed by atoms with Gasteiger partial charge in [-0.3, -0.25) is 0 Å². The van der Waals surface area contributed by atoms with E-state index >= 15 is 0 Å². The number of aliphatic hydroxyl groups is 20. The van der Waals surface area contributed by atoms with Crippen LogP contribution in [0.5, 0.6) is 0 Å². The van der Waals surface area contributed by atoms with Crippen molar-refractivity contribution in [3.63, 3.8) is 0 Å². The highest BCUT2D eigenvalue weighted by Crippen LogP contribution is 2.23. The van der Waals surface area contributed by atoms with Gasteiger partial charge in [-0.25, -0.2) is 0 Å². The van der Waals surface area contributed by atoms with Crippen molar-refractivity contribution in [1.82, 2.24) is 0 Å². The fraction of sp³-hybridized carbons (Fsp3) is 1.00.